The SMILES string of the molecule is Fc1cccc(CNCCCC(F)(F)c2ccccc2)c1. The average molecular weight is 293 g/mol. The number of nitrogens with one attached hydrogen (secondary N) is 1. The summed E-state index contributed by atoms with van der Waals surface area (Å²) in [6.45, 7) is 0.952. The number of rotatable bonds is 7. The van der Waals surface area contributed by atoms with E-state index >= 15 is 0 Å². The molecule has 112 valence electrons. The summed E-state index contributed by atoms with van der Waals surface area (Å²) in [6.07, 6.45) is 0.157. The fourth-order valence-corrected chi connectivity index (χ4v) is 2.14. The molecule has 0 atom stereocenters. The smallest absolute Gasteiger partial charge is 0.273 e. The van der Waals surface area contributed by atoms with Gasteiger partial charge in [0.15, 0.2) is 0 Å². The van der Waals surface area contributed by atoms with Crippen LogP contribution < -0.4 is 5.32 Å². The van der Waals surface area contributed by atoms with Crippen molar-refractivity contribution in [2.75, 3.05) is 6.54 Å². The van der Waals surface area contributed by atoms with Crippen molar-refractivity contribution in [1.29, 1.82) is 0 Å². The topological polar surface area (TPSA) is 12.0 Å². The van der Waals surface area contributed by atoms with Gasteiger partial charge in [-0.25, -0.2) is 13.2 Å². The fraction of sp³-hybridized carbons (Fsp3) is 0.294. The van der Waals surface area contributed by atoms with Gasteiger partial charge in [0.2, 0.25) is 0 Å². The number of hydrogen-bond acceptors (Lipinski definition) is 1. The van der Waals surface area contributed by atoms with E-state index in [1.54, 1.807) is 30.3 Å². The number of benzene rings is 2. The lowest BCUT2D eigenvalue weighted by molar-refractivity contribution is -0.0151. The molecule has 0 aliphatic rings. The van der Waals surface area contributed by atoms with Gasteiger partial charge in [0.25, 0.3) is 5.92 Å². The average Bonchev–Trinajstić information content (AvgIpc) is 2.48. The molecule has 0 aliphatic carbocycles. The maximum absolute atomic E-state index is 13.9. The maximum Gasteiger partial charge on any atom is 0.273 e. The first-order valence-electron chi connectivity index (χ1n) is 6.96. The molecule has 0 aromatic heterocycles. The highest BCUT2D eigenvalue weighted by Crippen LogP contribution is 2.32. The highest BCUT2D eigenvalue weighted by molar-refractivity contribution is 5.19. The molecule has 2 aromatic rings. The zero-order valence-corrected chi connectivity index (χ0v) is 11.7. The van der Waals surface area contributed by atoms with Gasteiger partial charge in [-0.3, -0.25) is 0 Å². The van der Waals surface area contributed by atoms with Crippen molar-refractivity contribution in [3.05, 3.63) is 71.5 Å². The third kappa shape index (κ3) is 4.90. The molecule has 1 N–H and O–H groups in total. The Hall–Kier alpha value is -1.81. The van der Waals surface area contributed by atoms with Crippen LogP contribution in [-0.2, 0) is 12.5 Å². The Labute approximate surface area is 122 Å². The zero-order valence-electron chi connectivity index (χ0n) is 11.7. The van der Waals surface area contributed by atoms with Crippen molar-refractivity contribution >= 4 is 0 Å². The Kier molecular flexibility index (Phi) is 5.39. The van der Waals surface area contributed by atoms with E-state index in [1.165, 1.54) is 24.3 Å². The number of alkyl halides is 2. The first-order valence-corrected chi connectivity index (χ1v) is 6.96. The van der Waals surface area contributed by atoms with Gasteiger partial charge in [-0.2, -0.15) is 0 Å². The zero-order chi connectivity index (χ0) is 15.1. The van der Waals surface area contributed by atoms with Crippen LogP contribution in [0.2, 0.25) is 0 Å². The van der Waals surface area contributed by atoms with Gasteiger partial charge in [-0.05, 0) is 30.7 Å². The van der Waals surface area contributed by atoms with Crippen LogP contribution in [0.25, 0.3) is 0 Å². The van der Waals surface area contributed by atoms with E-state index in [2.05, 4.69) is 5.32 Å². The molecule has 2 rings (SSSR count). The standard InChI is InChI=1S/C17H18F3N/c18-16-9-4-6-14(12-16)13-21-11-5-10-17(19,20)15-7-2-1-3-8-15/h1-4,6-9,12,21H,5,10-11,13H2. The molecule has 0 bridgehead atoms. The summed E-state index contributed by atoms with van der Waals surface area (Å²) in [5.41, 5.74) is 0.861. The minimum Gasteiger partial charge on any atom is -0.313 e. The van der Waals surface area contributed by atoms with Gasteiger partial charge in [-0.15, -0.1) is 0 Å². The lowest BCUT2D eigenvalue weighted by Gasteiger charge is -2.16. The van der Waals surface area contributed by atoms with E-state index < -0.39 is 5.92 Å². The lowest BCUT2D eigenvalue weighted by Crippen LogP contribution is -2.19. The molecule has 21 heavy (non-hydrogen) atoms. The van der Waals surface area contributed by atoms with E-state index in [1.807, 2.05) is 0 Å². The Morgan fingerprint density at radius 2 is 1.71 bits per heavy atom. The van der Waals surface area contributed by atoms with Crippen LogP contribution in [0.5, 0.6) is 0 Å². The summed E-state index contributed by atoms with van der Waals surface area (Å²) in [6, 6.07) is 14.1. The minimum atomic E-state index is -2.80. The first kappa shape index (κ1) is 15.6. The highest BCUT2D eigenvalue weighted by Gasteiger charge is 2.30. The van der Waals surface area contributed by atoms with Crippen LogP contribution in [-0.4, -0.2) is 6.54 Å². The molecule has 0 amide bonds. The summed E-state index contributed by atoms with van der Waals surface area (Å²) in [5, 5.41) is 3.05. The summed E-state index contributed by atoms with van der Waals surface area (Å²) in [5.74, 6) is -3.09. The Balaban J connectivity index is 1.72. The fourth-order valence-electron chi connectivity index (χ4n) is 2.14. The molecular weight excluding hydrogens is 275 g/mol. The van der Waals surface area contributed by atoms with Crippen molar-refractivity contribution in [3.63, 3.8) is 0 Å². The second-order valence-corrected chi connectivity index (χ2v) is 4.98. The quantitative estimate of drug-likeness (QED) is 0.742. The molecule has 0 spiro atoms. The number of halogens is 3. The predicted molar refractivity (Wildman–Crippen MR) is 77.7 cm³/mol. The van der Waals surface area contributed by atoms with Crippen LogP contribution in [0.3, 0.4) is 0 Å². The van der Waals surface area contributed by atoms with Crippen LogP contribution in [0.15, 0.2) is 54.6 Å². The minimum absolute atomic E-state index is 0.0510. The monoisotopic (exact) mass is 293 g/mol. The summed E-state index contributed by atoms with van der Waals surface area (Å²) >= 11 is 0. The van der Waals surface area contributed by atoms with Crippen molar-refractivity contribution in [3.8, 4) is 0 Å². The third-order valence-electron chi connectivity index (χ3n) is 3.26. The summed E-state index contributed by atoms with van der Waals surface area (Å²) in [4.78, 5) is 0. The summed E-state index contributed by atoms with van der Waals surface area (Å²) in [7, 11) is 0. The molecule has 1 nitrogen and oxygen atoms in total. The highest BCUT2D eigenvalue weighted by atomic mass is 19.3. The van der Waals surface area contributed by atoms with Crippen LogP contribution >= 0.6 is 0 Å². The van der Waals surface area contributed by atoms with Gasteiger partial charge in [-0.1, -0.05) is 42.5 Å². The Morgan fingerprint density at radius 1 is 0.952 bits per heavy atom. The van der Waals surface area contributed by atoms with E-state index in [0.29, 0.717) is 19.5 Å². The molecule has 0 fully saturated rings. The molecule has 2 aromatic carbocycles. The van der Waals surface area contributed by atoms with Gasteiger partial charge >= 0.3 is 0 Å². The maximum atomic E-state index is 13.9. The van der Waals surface area contributed by atoms with Gasteiger partial charge in [0.1, 0.15) is 5.82 Å². The van der Waals surface area contributed by atoms with Crippen molar-refractivity contribution in [2.45, 2.75) is 25.3 Å². The summed E-state index contributed by atoms with van der Waals surface area (Å²) < 4.78 is 40.7. The van der Waals surface area contributed by atoms with E-state index in [4.69, 9.17) is 0 Å². The normalized spacial score (nSPS) is 11.6. The molecule has 0 unspecified atom stereocenters. The second-order valence-electron chi connectivity index (χ2n) is 4.98. The first-order chi connectivity index (χ1) is 10.1. The van der Waals surface area contributed by atoms with E-state index in [0.717, 1.165) is 5.56 Å². The molecule has 0 heterocycles. The van der Waals surface area contributed by atoms with Crippen molar-refractivity contribution in [2.24, 2.45) is 0 Å². The Morgan fingerprint density at radius 3 is 2.43 bits per heavy atom. The lowest BCUT2D eigenvalue weighted by atomic mass is 10.0. The van der Waals surface area contributed by atoms with Gasteiger partial charge in [0, 0.05) is 18.5 Å². The van der Waals surface area contributed by atoms with E-state index in [9.17, 15) is 13.2 Å². The van der Waals surface area contributed by atoms with Crippen molar-refractivity contribution in [1.82, 2.24) is 5.32 Å². The van der Waals surface area contributed by atoms with Crippen LogP contribution in [0, 0.1) is 5.82 Å². The predicted octanol–water partition coefficient (Wildman–Crippen LogP) is 4.49. The van der Waals surface area contributed by atoms with Crippen molar-refractivity contribution < 1.29 is 13.2 Å². The third-order valence-corrected chi connectivity index (χ3v) is 3.26. The Bertz CT molecular complexity index is 555. The van der Waals surface area contributed by atoms with E-state index in [-0.39, 0.29) is 17.8 Å². The molecule has 0 aliphatic heterocycles. The molecule has 0 saturated carbocycles. The number of hydrogen-bond donors (Lipinski definition) is 1. The molecule has 0 saturated heterocycles. The van der Waals surface area contributed by atoms with Gasteiger partial charge in [0.05, 0.1) is 0 Å². The largest absolute Gasteiger partial charge is 0.313 e. The molecule has 0 radical (unpaired) electrons. The van der Waals surface area contributed by atoms with Gasteiger partial charge < -0.3 is 5.32 Å². The van der Waals surface area contributed by atoms with Crippen LogP contribution in [0.4, 0.5) is 13.2 Å². The second kappa shape index (κ2) is 7.27. The molecule has 4 heteroatoms. The van der Waals surface area contributed by atoms with Crippen LogP contribution in [0.1, 0.15) is 24.0 Å². The molecular formula is C17H18F3N.